The Morgan fingerprint density at radius 1 is 0.676 bits per heavy atom. The van der Waals surface area contributed by atoms with Crippen molar-refractivity contribution in [3.8, 4) is 0 Å². The maximum absolute atomic E-state index is 10.7. The predicted octanol–water partition coefficient (Wildman–Crippen LogP) is -4.47. The van der Waals surface area contributed by atoms with E-state index < -0.39 is 99.2 Å². The molecule has 3 saturated heterocycles. The van der Waals surface area contributed by atoms with Gasteiger partial charge < -0.3 is 69.3 Å². The van der Waals surface area contributed by atoms with Crippen LogP contribution < -0.4 is 0 Å². The lowest BCUT2D eigenvalue weighted by atomic mass is 9.96. The number of hydrogen-bond donors (Lipinski definition) is 8. The van der Waals surface area contributed by atoms with Crippen LogP contribution in [0.1, 0.15) is 19.8 Å². The minimum atomic E-state index is -1.74. The Kier molecular flexibility index (Phi) is 9.99. The van der Waals surface area contributed by atoms with Crippen molar-refractivity contribution in [2.45, 2.75) is 106 Å². The minimum absolute atomic E-state index is 0.114. The summed E-state index contributed by atoms with van der Waals surface area (Å²) in [5.41, 5.74) is 0. The summed E-state index contributed by atoms with van der Waals surface area (Å²) in [4.78, 5) is 0. The average molecular weight is 500 g/mol. The zero-order valence-electron chi connectivity index (χ0n) is 18.9. The first-order valence-electron chi connectivity index (χ1n) is 11.3. The molecule has 0 saturated carbocycles. The van der Waals surface area contributed by atoms with E-state index in [9.17, 15) is 40.9 Å². The SMILES string of the molecule is CC[C@H]1O[C@@H](O[C@H]2[C@H](O)[C@@H](O)[C@H](O[C@H]3[C@H](O)[C@@H](O)[C@H](OC)O[C@@H]3CO)O[C@@H]2CO)C[C@@H](O)[C@H]1O. The van der Waals surface area contributed by atoms with Crippen molar-refractivity contribution >= 4 is 0 Å². The van der Waals surface area contributed by atoms with E-state index in [0.717, 1.165) is 0 Å². The molecule has 3 heterocycles. The molecule has 34 heavy (non-hydrogen) atoms. The monoisotopic (exact) mass is 500 g/mol. The van der Waals surface area contributed by atoms with E-state index in [4.69, 9.17) is 28.4 Å². The van der Waals surface area contributed by atoms with Crippen LogP contribution >= 0.6 is 0 Å². The fourth-order valence-corrected chi connectivity index (χ4v) is 4.42. The third kappa shape index (κ3) is 5.71. The fraction of sp³-hybridized carbons (Fsp3) is 1.00. The largest absolute Gasteiger partial charge is 0.394 e. The standard InChI is InChI=1S/C20H36O14/c1-3-8-12(24)7(23)4-11(30-8)33-17-9(5-21)32-20(16(28)14(17)26)34-18-10(6-22)31-19(29-2)15(27)13(18)25/h7-28H,3-6H2,1-2H3/t7-,8-,9-,10-,11+,12-,13-,14-,15-,16-,17-,18-,19-,20+/m1/s1. The van der Waals surface area contributed by atoms with Gasteiger partial charge in [0, 0.05) is 13.5 Å². The highest BCUT2D eigenvalue weighted by Crippen LogP contribution is 2.32. The van der Waals surface area contributed by atoms with E-state index in [1.54, 1.807) is 6.92 Å². The zero-order valence-corrected chi connectivity index (χ0v) is 18.9. The second-order valence-electron chi connectivity index (χ2n) is 8.66. The van der Waals surface area contributed by atoms with E-state index in [2.05, 4.69) is 0 Å². The van der Waals surface area contributed by atoms with E-state index in [-0.39, 0.29) is 6.42 Å². The van der Waals surface area contributed by atoms with Crippen molar-refractivity contribution in [1.82, 2.24) is 0 Å². The predicted molar refractivity (Wildman–Crippen MR) is 108 cm³/mol. The first-order chi connectivity index (χ1) is 16.2. The summed E-state index contributed by atoms with van der Waals surface area (Å²) in [6.07, 6.45) is -18.1. The maximum atomic E-state index is 10.7. The van der Waals surface area contributed by atoms with Crippen LogP contribution in [-0.4, -0.2) is 147 Å². The van der Waals surface area contributed by atoms with E-state index in [1.807, 2.05) is 0 Å². The molecule has 0 aromatic heterocycles. The second kappa shape index (κ2) is 12.1. The molecule has 200 valence electrons. The van der Waals surface area contributed by atoms with Gasteiger partial charge in [-0.1, -0.05) is 6.92 Å². The van der Waals surface area contributed by atoms with E-state index >= 15 is 0 Å². The molecule has 0 amide bonds. The Labute approximate surface area is 196 Å². The Bertz CT molecular complexity index is 622. The molecule has 0 unspecified atom stereocenters. The second-order valence-corrected chi connectivity index (χ2v) is 8.66. The highest BCUT2D eigenvalue weighted by molar-refractivity contribution is 4.95. The van der Waals surface area contributed by atoms with Crippen LogP contribution in [0.3, 0.4) is 0 Å². The summed E-state index contributed by atoms with van der Waals surface area (Å²) in [6, 6.07) is 0. The molecule has 14 atom stereocenters. The molecular formula is C20H36O14. The van der Waals surface area contributed by atoms with Gasteiger partial charge in [0.15, 0.2) is 18.9 Å². The minimum Gasteiger partial charge on any atom is -0.394 e. The molecule has 3 rings (SSSR count). The smallest absolute Gasteiger partial charge is 0.187 e. The average Bonchev–Trinajstić information content (AvgIpc) is 2.83. The molecule has 0 aliphatic carbocycles. The van der Waals surface area contributed by atoms with Crippen LogP contribution in [0, 0.1) is 0 Å². The Morgan fingerprint density at radius 2 is 1.21 bits per heavy atom. The van der Waals surface area contributed by atoms with Gasteiger partial charge >= 0.3 is 0 Å². The van der Waals surface area contributed by atoms with Crippen molar-refractivity contribution in [2.24, 2.45) is 0 Å². The molecule has 3 aliphatic heterocycles. The lowest BCUT2D eigenvalue weighted by molar-refractivity contribution is -0.371. The highest BCUT2D eigenvalue weighted by atomic mass is 16.8. The van der Waals surface area contributed by atoms with Crippen molar-refractivity contribution in [3.63, 3.8) is 0 Å². The lowest BCUT2D eigenvalue weighted by Crippen LogP contribution is -2.65. The third-order valence-electron chi connectivity index (χ3n) is 6.41. The van der Waals surface area contributed by atoms with Gasteiger partial charge in [0.25, 0.3) is 0 Å². The van der Waals surface area contributed by atoms with Crippen molar-refractivity contribution in [3.05, 3.63) is 0 Å². The summed E-state index contributed by atoms with van der Waals surface area (Å²) in [5, 5.41) is 81.4. The summed E-state index contributed by atoms with van der Waals surface area (Å²) in [6.45, 7) is 0.462. The van der Waals surface area contributed by atoms with Crippen LogP contribution in [-0.2, 0) is 28.4 Å². The van der Waals surface area contributed by atoms with Gasteiger partial charge in [0.05, 0.1) is 25.4 Å². The molecule has 8 N–H and O–H groups in total. The number of aliphatic hydroxyl groups excluding tert-OH is 8. The number of ether oxygens (including phenoxy) is 6. The topological polar surface area (TPSA) is 217 Å². The molecule has 0 radical (unpaired) electrons. The van der Waals surface area contributed by atoms with Gasteiger partial charge in [-0.05, 0) is 6.42 Å². The number of aliphatic hydroxyl groups is 8. The van der Waals surface area contributed by atoms with Crippen LogP contribution in [0.25, 0.3) is 0 Å². The van der Waals surface area contributed by atoms with Gasteiger partial charge in [0.2, 0.25) is 0 Å². The normalized spacial score (nSPS) is 50.3. The van der Waals surface area contributed by atoms with E-state index in [0.29, 0.717) is 6.42 Å². The molecule has 14 heteroatoms. The molecule has 3 aliphatic rings. The first kappa shape index (κ1) is 28.0. The van der Waals surface area contributed by atoms with Crippen LogP contribution in [0.5, 0.6) is 0 Å². The number of hydrogen-bond acceptors (Lipinski definition) is 14. The zero-order chi connectivity index (χ0) is 25.2. The Balaban J connectivity index is 1.69. The third-order valence-corrected chi connectivity index (χ3v) is 6.41. The molecule has 14 nitrogen and oxygen atoms in total. The summed E-state index contributed by atoms with van der Waals surface area (Å²) < 4.78 is 32.7. The maximum Gasteiger partial charge on any atom is 0.187 e. The van der Waals surface area contributed by atoms with Gasteiger partial charge in [-0.2, -0.15) is 0 Å². The fourth-order valence-electron chi connectivity index (χ4n) is 4.42. The van der Waals surface area contributed by atoms with Crippen LogP contribution in [0.4, 0.5) is 0 Å². The van der Waals surface area contributed by atoms with Gasteiger partial charge in [-0.3, -0.25) is 0 Å². The van der Waals surface area contributed by atoms with Crippen molar-refractivity contribution in [2.75, 3.05) is 20.3 Å². The van der Waals surface area contributed by atoms with Crippen molar-refractivity contribution < 1.29 is 69.3 Å². The Morgan fingerprint density at radius 3 is 1.74 bits per heavy atom. The quantitative estimate of drug-likeness (QED) is 0.158. The molecule has 3 fully saturated rings. The molecular weight excluding hydrogens is 464 g/mol. The lowest BCUT2D eigenvalue weighted by Gasteiger charge is -2.47. The van der Waals surface area contributed by atoms with Gasteiger partial charge in [-0.25, -0.2) is 0 Å². The first-order valence-corrected chi connectivity index (χ1v) is 11.3. The summed E-state index contributed by atoms with van der Waals surface area (Å²) in [7, 11) is 1.24. The molecule has 0 aromatic rings. The summed E-state index contributed by atoms with van der Waals surface area (Å²) >= 11 is 0. The van der Waals surface area contributed by atoms with E-state index in [1.165, 1.54) is 7.11 Å². The molecule has 0 bridgehead atoms. The molecule has 0 aromatic carbocycles. The van der Waals surface area contributed by atoms with Crippen molar-refractivity contribution in [1.29, 1.82) is 0 Å². The van der Waals surface area contributed by atoms with Gasteiger partial charge in [-0.15, -0.1) is 0 Å². The molecule has 0 spiro atoms. The Hall–Kier alpha value is -0.560. The summed E-state index contributed by atoms with van der Waals surface area (Å²) in [5.74, 6) is 0. The highest BCUT2D eigenvalue weighted by Gasteiger charge is 2.52. The van der Waals surface area contributed by atoms with Crippen LogP contribution in [0.2, 0.25) is 0 Å². The number of rotatable bonds is 8. The number of methoxy groups -OCH3 is 1. The van der Waals surface area contributed by atoms with Gasteiger partial charge in [0.1, 0.15) is 54.9 Å². The van der Waals surface area contributed by atoms with Crippen LogP contribution in [0.15, 0.2) is 0 Å².